The number of carbonyl (C=O) groups excluding carboxylic acids is 1. The van der Waals surface area contributed by atoms with E-state index in [-0.39, 0.29) is 24.1 Å². The van der Waals surface area contributed by atoms with E-state index in [0.29, 0.717) is 11.3 Å². The van der Waals surface area contributed by atoms with Gasteiger partial charge in [-0.15, -0.1) is 0 Å². The van der Waals surface area contributed by atoms with E-state index < -0.39 is 33.6 Å². The fraction of sp³-hybridized carbons (Fsp3) is 0.278. The average molecular weight is 378 g/mol. The van der Waals surface area contributed by atoms with Gasteiger partial charge in [0.25, 0.3) is 0 Å². The number of nitrogens with zero attached hydrogens (tertiary/aromatic N) is 2. The molecule has 2 saturated heterocycles. The summed E-state index contributed by atoms with van der Waals surface area (Å²) in [5, 5.41) is 0. The lowest BCUT2D eigenvalue weighted by Gasteiger charge is -2.22. The maximum Gasteiger partial charge on any atom is 0.325 e. The molecular weight excluding hydrogens is 362 g/mol. The smallest absolute Gasteiger partial charge is 0.314 e. The number of sulfone groups is 1. The summed E-state index contributed by atoms with van der Waals surface area (Å²) in [7, 11) is -3.30. The van der Waals surface area contributed by atoms with Gasteiger partial charge in [0.05, 0.1) is 23.6 Å². The van der Waals surface area contributed by atoms with Crippen molar-refractivity contribution in [2.24, 2.45) is 0 Å². The second-order valence-corrected chi connectivity index (χ2v) is 8.75. The molecule has 0 aromatic heterocycles. The molecule has 0 radical (unpaired) electrons. The van der Waals surface area contributed by atoms with Crippen LogP contribution in [-0.2, 0) is 16.4 Å². The summed E-state index contributed by atoms with van der Waals surface area (Å²) < 4.78 is 51.0. The molecule has 2 heterocycles. The molecule has 8 heteroatoms. The highest BCUT2D eigenvalue weighted by atomic mass is 32.2. The number of rotatable bonds is 3. The van der Waals surface area contributed by atoms with E-state index in [1.807, 2.05) is 0 Å². The zero-order valence-electron chi connectivity index (χ0n) is 13.7. The van der Waals surface area contributed by atoms with Gasteiger partial charge in [0.15, 0.2) is 9.84 Å². The standard InChI is InChI=1S/C18H16F2N2O3S/c19-13-4-6-15(7-5-13)22-17-11-26(24,25)10-16(17)21(18(22)23)9-12-2-1-3-14(20)8-12/h1-8,16-17H,9-11H2/t16-,17+/m0/s1. The highest BCUT2D eigenvalue weighted by molar-refractivity contribution is 7.91. The van der Waals surface area contributed by atoms with Gasteiger partial charge in [-0.25, -0.2) is 22.0 Å². The second-order valence-electron chi connectivity index (χ2n) is 6.60. The van der Waals surface area contributed by atoms with Crippen LogP contribution in [0.2, 0.25) is 0 Å². The van der Waals surface area contributed by atoms with Crippen molar-refractivity contribution in [2.45, 2.75) is 18.6 Å². The van der Waals surface area contributed by atoms with Gasteiger partial charge in [-0.2, -0.15) is 0 Å². The van der Waals surface area contributed by atoms with Gasteiger partial charge < -0.3 is 4.90 Å². The minimum absolute atomic E-state index is 0.116. The van der Waals surface area contributed by atoms with Crippen LogP contribution in [0.25, 0.3) is 0 Å². The molecular formula is C18H16F2N2O3S. The summed E-state index contributed by atoms with van der Waals surface area (Å²) in [6.45, 7) is 0.116. The van der Waals surface area contributed by atoms with E-state index in [1.165, 1.54) is 46.2 Å². The van der Waals surface area contributed by atoms with Crippen LogP contribution < -0.4 is 4.90 Å². The summed E-state index contributed by atoms with van der Waals surface area (Å²) in [6.07, 6.45) is 0. The van der Waals surface area contributed by atoms with E-state index in [2.05, 4.69) is 0 Å². The van der Waals surface area contributed by atoms with Crippen LogP contribution in [-0.4, -0.2) is 42.9 Å². The zero-order valence-corrected chi connectivity index (χ0v) is 14.5. The van der Waals surface area contributed by atoms with Crippen molar-refractivity contribution in [3.8, 4) is 0 Å². The van der Waals surface area contributed by atoms with Crippen LogP contribution in [0.1, 0.15) is 5.56 Å². The SMILES string of the molecule is O=C1N(Cc2cccc(F)c2)[C@H]2CS(=O)(=O)C[C@H]2N1c1ccc(F)cc1. The maximum atomic E-state index is 13.5. The lowest BCUT2D eigenvalue weighted by Crippen LogP contribution is -2.37. The highest BCUT2D eigenvalue weighted by Gasteiger charge is 2.53. The molecule has 26 heavy (non-hydrogen) atoms. The number of carbonyl (C=O) groups is 1. The molecule has 0 aliphatic carbocycles. The Kier molecular flexibility index (Phi) is 3.95. The first-order valence-corrected chi connectivity index (χ1v) is 9.96. The van der Waals surface area contributed by atoms with Crippen molar-refractivity contribution < 1.29 is 22.0 Å². The predicted molar refractivity (Wildman–Crippen MR) is 92.4 cm³/mol. The minimum Gasteiger partial charge on any atom is -0.314 e. The molecule has 2 aliphatic rings. The number of anilines is 1. The van der Waals surface area contributed by atoms with Crippen molar-refractivity contribution in [1.82, 2.24) is 4.90 Å². The Morgan fingerprint density at radius 1 is 0.962 bits per heavy atom. The fourth-order valence-corrected chi connectivity index (χ4v) is 5.65. The number of hydrogen-bond acceptors (Lipinski definition) is 3. The van der Waals surface area contributed by atoms with Crippen LogP contribution in [0.4, 0.5) is 19.3 Å². The van der Waals surface area contributed by atoms with Crippen LogP contribution in [0.15, 0.2) is 48.5 Å². The average Bonchev–Trinajstić information content (AvgIpc) is 3.00. The first kappa shape index (κ1) is 17.0. The summed E-state index contributed by atoms with van der Waals surface area (Å²) in [4.78, 5) is 15.9. The van der Waals surface area contributed by atoms with E-state index in [4.69, 9.17) is 0 Å². The van der Waals surface area contributed by atoms with Crippen LogP contribution in [0, 0.1) is 11.6 Å². The fourth-order valence-electron chi connectivity index (χ4n) is 3.70. The molecule has 2 atom stereocenters. The number of halogens is 2. The summed E-state index contributed by atoms with van der Waals surface area (Å²) >= 11 is 0. The van der Waals surface area contributed by atoms with Gasteiger partial charge in [-0.05, 0) is 42.0 Å². The molecule has 2 aromatic rings. The van der Waals surface area contributed by atoms with Gasteiger partial charge in [-0.1, -0.05) is 12.1 Å². The first-order valence-electron chi connectivity index (χ1n) is 8.14. The Morgan fingerprint density at radius 2 is 1.65 bits per heavy atom. The second kappa shape index (κ2) is 6.05. The zero-order chi connectivity index (χ0) is 18.5. The van der Waals surface area contributed by atoms with Crippen molar-refractivity contribution in [2.75, 3.05) is 16.4 Å². The van der Waals surface area contributed by atoms with E-state index in [1.54, 1.807) is 12.1 Å². The van der Waals surface area contributed by atoms with E-state index in [0.717, 1.165) is 0 Å². The number of benzene rings is 2. The molecule has 2 amide bonds. The Morgan fingerprint density at radius 3 is 2.35 bits per heavy atom. The number of urea groups is 1. The summed E-state index contributed by atoms with van der Waals surface area (Å²) in [6, 6.07) is 9.85. The molecule has 0 bridgehead atoms. The third-order valence-corrected chi connectivity index (χ3v) is 6.52. The molecule has 4 rings (SSSR count). The number of hydrogen-bond donors (Lipinski definition) is 0. The van der Waals surface area contributed by atoms with E-state index in [9.17, 15) is 22.0 Å². The van der Waals surface area contributed by atoms with Gasteiger partial charge in [0.2, 0.25) is 0 Å². The Labute approximate surface area is 149 Å². The van der Waals surface area contributed by atoms with Gasteiger partial charge in [0.1, 0.15) is 11.6 Å². The molecule has 0 N–H and O–H groups in total. The minimum atomic E-state index is -3.30. The molecule has 0 saturated carbocycles. The van der Waals surface area contributed by atoms with Crippen molar-refractivity contribution in [3.63, 3.8) is 0 Å². The monoisotopic (exact) mass is 378 g/mol. The molecule has 136 valence electrons. The molecule has 5 nitrogen and oxygen atoms in total. The lowest BCUT2D eigenvalue weighted by molar-refractivity contribution is 0.206. The Bertz CT molecular complexity index is 963. The van der Waals surface area contributed by atoms with E-state index >= 15 is 0 Å². The van der Waals surface area contributed by atoms with Crippen molar-refractivity contribution >= 4 is 21.6 Å². The highest BCUT2D eigenvalue weighted by Crippen LogP contribution is 2.36. The molecule has 0 unspecified atom stereocenters. The molecule has 2 aromatic carbocycles. The Hall–Kier alpha value is -2.48. The topological polar surface area (TPSA) is 57.7 Å². The van der Waals surface area contributed by atoms with Gasteiger partial charge in [-0.3, -0.25) is 4.90 Å². The normalized spacial score (nSPS) is 24.2. The van der Waals surface area contributed by atoms with Gasteiger partial charge >= 0.3 is 6.03 Å². The Balaban J connectivity index is 1.70. The summed E-state index contributed by atoms with van der Waals surface area (Å²) in [5.74, 6) is -1.12. The van der Waals surface area contributed by atoms with Crippen molar-refractivity contribution in [1.29, 1.82) is 0 Å². The molecule has 0 spiro atoms. The van der Waals surface area contributed by atoms with Gasteiger partial charge in [0, 0.05) is 12.2 Å². The largest absolute Gasteiger partial charge is 0.325 e. The predicted octanol–water partition coefficient (Wildman–Crippen LogP) is 2.57. The third-order valence-electron chi connectivity index (χ3n) is 4.82. The van der Waals surface area contributed by atoms with Crippen LogP contribution >= 0.6 is 0 Å². The first-order chi connectivity index (χ1) is 12.3. The number of amides is 2. The van der Waals surface area contributed by atoms with Crippen molar-refractivity contribution in [3.05, 3.63) is 65.7 Å². The molecule has 2 aliphatic heterocycles. The summed E-state index contributed by atoms with van der Waals surface area (Å²) in [5.41, 5.74) is 1.03. The lowest BCUT2D eigenvalue weighted by atomic mass is 10.1. The van der Waals surface area contributed by atoms with Crippen LogP contribution in [0.3, 0.4) is 0 Å². The van der Waals surface area contributed by atoms with Crippen LogP contribution in [0.5, 0.6) is 0 Å². The quantitative estimate of drug-likeness (QED) is 0.772. The maximum absolute atomic E-state index is 13.5. The number of fused-ring (bicyclic) bond motifs is 1. The third kappa shape index (κ3) is 2.94. The molecule has 2 fully saturated rings.